The van der Waals surface area contributed by atoms with Gasteiger partial charge in [0.1, 0.15) is 30.7 Å². The highest BCUT2D eigenvalue weighted by molar-refractivity contribution is 5.89. The van der Waals surface area contributed by atoms with E-state index in [0.29, 0.717) is 18.1 Å². The van der Waals surface area contributed by atoms with Crippen LogP contribution in [0.25, 0.3) is 0 Å². The first kappa shape index (κ1) is 15.8. The first-order valence-corrected chi connectivity index (χ1v) is 7.75. The quantitative estimate of drug-likeness (QED) is 0.856. The Morgan fingerprint density at radius 2 is 1.91 bits per heavy atom. The lowest BCUT2D eigenvalue weighted by Gasteiger charge is -2.31. The van der Waals surface area contributed by atoms with Crippen molar-refractivity contribution in [3.8, 4) is 0 Å². The van der Waals surface area contributed by atoms with Gasteiger partial charge in [0.25, 0.3) is 0 Å². The number of rotatable bonds is 3. The van der Waals surface area contributed by atoms with Crippen LogP contribution < -0.4 is 0 Å². The number of nitrogens with zero attached hydrogens (tertiary/aromatic N) is 3. The number of fused-ring (bicyclic) bond motifs is 1. The summed E-state index contributed by atoms with van der Waals surface area (Å²) in [6, 6.07) is 3.38. The minimum Gasteiger partial charge on any atom is -0.473 e. The SMILES string of the molecule is CCN1C2=CC(OCc3cc(F)cc(F)c3)=NCN2CC1(C)C. The number of halogens is 2. The summed E-state index contributed by atoms with van der Waals surface area (Å²) in [6.07, 6.45) is 1.90. The fourth-order valence-corrected chi connectivity index (χ4v) is 3.25. The molecule has 0 radical (unpaired) electrons. The van der Waals surface area contributed by atoms with Crippen molar-refractivity contribution in [1.29, 1.82) is 0 Å². The minimum absolute atomic E-state index is 0.0528. The molecule has 1 saturated heterocycles. The van der Waals surface area contributed by atoms with E-state index >= 15 is 0 Å². The summed E-state index contributed by atoms with van der Waals surface area (Å²) in [5.74, 6) is 0.381. The van der Waals surface area contributed by atoms with Crippen LogP contribution in [0.1, 0.15) is 26.3 Å². The number of ether oxygens (including phenoxy) is 1. The van der Waals surface area contributed by atoms with Crippen LogP contribution in [0.15, 0.2) is 35.1 Å². The van der Waals surface area contributed by atoms with E-state index in [9.17, 15) is 8.78 Å². The van der Waals surface area contributed by atoms with Crippen molar-refractivity contribution in [2.24, 2.45) is 4.99 Å². The largest absolute Gasteiger partial charge is 0.473 e. The van der Waals surface area contributed by atoms with Gasteiger partial charge in [-0.3, -0.25) is 0 Å². The van der Waals surface area contributed by atoms with Gasteiger partial charge in [0.2, 0.25) is 5.90 Å². The molecule has 3 rings (SSSR count). The molecule has 1 aromatic rings. The molecule has 0 N–H and O–H groups in total. The molecule has 4 nitrogen and oxygen atoms in total. The second-order valence-electron chi connectivity index (χ2n) is 6.46. The molecule has 6 heteroatoms. The van der Waals surface area contributed by atoms with E-state index in [1.54, 1.807) is 0 Å². The van der Waals surface area contributed by atoms with Crippen LogP contribution in [0.3, 0.4) is 0 Å². The molecule has 0 atom stereocenters. The fraction of sp³-hybridized carbons (Fsp3) is 0.471. The van der Waals surface area contributed by atoms with Gasteiger partial charge in [-0.1, -0.05) is 0 Å². The lowest BCUT2D eigenvalue weighted by atomic mass is 10.1. The van der Waals surface area contributed by atoms with Gasteiger partial charge < -0.3 is 14.5 Å². The van der Waals surface area contributed by atoms with Gasteiger partial charge in [0.05, 0.1) is 5.54 Å². The molecule has 2 aliphatic heterocycles. The zero-order valence-corrected chi connectivity index (χ0v) is 13.6. The highest BCUT2D eigenvalue weighted by Gasteiger charge is 2.40. The summed E-state index contributed by atoms with van der Waals surface area (Å²) in [7, 11) is 0. The van der Waals surface area contributed by atoms with Gasteiger partial charge in [-0.05, 0) is 38.5 Å². The van der Waals surface area contributed by atoms with Crippen molar-refractivity contribution in [1.82, 2.24) is 9.80 Å². The number of benzene rings is 1. The van der Waals surface area contributed by atoms with Gasteiger partial charge in [-0.15, -0.1) is 0 Å². The maximum Gasteiger partial charge on any atom is 0.214 e. The summed E-state index contributed by atoms with van der Waals surface area (Å²) in [6.45, 7) is 8.97. The van der Waals surface area contributed by atoms with E-state index in [0.717, 1.165) is 25.0 Å². The van der Waals surface area contributed by atoms with Gasteiger partial charge in [0, 0.05) is 25.2 Å². The van der Waals surface area contributed by atoms with E-state index in [-0.39, 0.29) is 12.1 Å². The summed E-state index contributed by atoms with van der Waals surface area (Å²) in [5, 5.41) is 0. The monoisotopic (exact) mass is 321 g/mol. The number of likely N-dealkylation sites (N-methyl/N-ethyl adjacent to an activating group) is 1. The third-order valence-corrected chi connectivity index (χ3v) is 4.18. The maximum atomic E-state index is 13.2. The number of hydrogen-bond donors (Lipinski definition) is 0. The Balaban J connectivity index is 1.71. The molecular formula is C17H21F2N3O. The molecule has 0 spiro atoms. The van der Waals surface area contributed by atoms with Crippen LogP contribution in [0.5, 0.6) is 0 Å². The number of hydrogen-bond acceptors (Lipinski definition) is 4. The highest BCUT2D eigenvalue weighted by atomic mass is 19.1. The average Bonchev–Trinajstić information content (AvgIpc) is 2.72. The molecule has 2 heterocycles. The number of aliphatic imine (C=N–C) groups is 1. The predicted octanol–water partition coefficient (Wildman–Crippen LogP) is 3.11. The summed E-state index contributed by atoms with van der Waals surface area (Å²) < 4.78 is 32.0. The minimum atomic E-state index is -0.603. The zero-order chi connectivity index (χ0) is 16.6. The first-order valence-electron chi connectivity index (χ1n) is 7.75. The smallest absolute Gasteiger partial charge is 0.214 e. The van der Waals surface area contributed by atoms with E-state index in [2.05, 4.69) is 35.6 Å². The molecule has 2 aliphatic rings. The average molecular weight is 321 g/mol. The molecule has 23 heavy (non-hydrogen) atoms. The van der Waals surface area contributed by atoms with Crippen molar-refractivity contribution >= 4 is 5.90 Å². The third kappa shape index (κ3) is 3.16. The van der Waals surface area contributed by atoms with Gasteiger partial charge in [0.15, 0.2) is 0 Å². The molecular weight excluding hydrogens is 300 g/mol. The predicted molar refractivity (Wildman–Crippen MR) is 84.7 cm³/mol. The summed E-state index contributed by atoms with van der Waals surface area (Å²) in [4.78, 5) is 8.92. The summed E-state index contributed by atoms with van der Waals surface area (Å²) >= 11 is 0. The molecule has 0 unspecified atom stereocenters. The van der Waals surface area contributed by atoms with E-state index in [4.69, 9.17) is 4.74 Å². The van der Waals surface area contributed by atoms with Gasteiger partial charge in [-0.25, -0.2) is 13.8 Å². The standard InChI is InChI=1S/C17H21F2N3O/c1-4-22-16-8-15(20-11-21(16)10-17(22,2)3)23-9-12-5-13(18)7-14(19)6-12/h5-8H,4,9-11H2,1-3H3. The Bertz CT molecular complexity index is 650. The van der Waals surface area contributed by atoms with E-state index in [1.807, 2.05) is 6.08 Å². The second-order valence-corrected chi connectivity index (χ2v) is 6.46. The molecule has 0 saturated carbocycles. The molecule has 0 aliphatic carbocycles. The Labute approximate surface area is 135 Å². The molecule has 0 aromatic heterocycles. The lowest BCUT2D eigenvalue weighted by Crippen LogP contribution is -2.39. The van der Waals surface area contributed by atoms with Gasteiger partial charge in [-0.2, -0.15) is 0 Å². The van der Waals surface area contributed by atoms with Crippen LogP contribution in [0.4, 0.5) is 8.78 Å². The van der Waals surface area contributed by atoms with Crippen LogP contribution in [0, 0.1) is 11.6 Å². The van der Waals surface area contributed by atoms with Crippen molar-refractivity contribution in [2.45, 2.75) is 32.9 Å². The topological polar surface area (TPSA) is 28.1 Å². The molecule has 1 aromatic carbocycles. The molecule has 124 valence electrons. The third-order valence-electron chi connectivity index (χ3n) is 4.18. The van der Waals surface area contributed by atoms with Crippen LogP contribution in [0.2, 0.25) is 0 Å². The van der Waals surface area contributed by atoms with Crippen LogP contribution in [-0.2, 0) is 11.3 Å². The Hall–Kier alpha value is -2.11. The van der Waals surface area contributed by atoms with Crippen LogP contribution in [-0.4, -0.2) is 41.0 Å². The molecule has 0 bridgehead atoms. The van der Waals surface area contributed by atoms with Crippen LogP contribution >= 0.6 is 0 Å². The lowest BCUT2D eigenvalue weighted by molar-refractivity contribution is 0.227. The summed E-state index contributed by atoms with van der Waals surface area (Å²) in [5.41, 5.74) is 0.502. The fourth-order valence-electron chi connectivity index (χ4n) is 3.25. The van der Waals surface area contributed by atoms with Crippen molar-refractivity contribution in [3.63, 3.8) is 0 Å². The van der Waals surface area contributed by atoms with E-state index in [1.165, 1.54) is 12.1 Å². The van der Waals surface area contributed by atoms with Crippen molar-refractivity contribution in [2.75, 3.05) is 19.8 Å². The Morgan fingerprint density at radius 1 is 1.22 bits per heavy atom. The molecule has 0 amide bonds. The maximum absolute atomic E-state index is 13.2. The molecule has 1 fully saturated rings. The first-order chi connectivity index (χ1) is 10.9. The van der Waals surface area contributed by atoms with E-state index < -0.39 is 11.6 Å². The normalized spacial score (nSPS) is 19.3. The van der Waals surface area contributed by atoms with Gasteiger partial charge >= 0.3 is 0 Å². The second kappa shape index (κ2) is 5.83. The Morgan fingerprint density at radius 3 is 2.57 bits per heavy atom. The Kier molecular flexibility index (Phi) is 4.00. The van der Waals surface area contributed by atoms with Crippen molar-refractivity contribution < 1.29 is 13.5 Å². The highest BCUT2D eigenvalue weighted by Crippen LogP contribution is 2.33. The van der Waals surface area contributed by atoms with Crippen molar-refractivity contribution in [3.05, 3.63) is 47.3 Å². The zero-order valence-electron chi connectivity index (χ0n) is 13.6.